The van der Waals surface area contributed by atoms with Crippen LogP contribution in [0.1, 0.15) is 62.3 Å². The first-order chi connectivity index (χ1) is 9.69. The fourth-order valence-electron chi connectivity index (χ4n) is 2.18. The van der Waals surface area contributed by atoms with Gasteiger partial charge in [0.05, 0.1) is 10.9 Å². The van der Waals surface area contributed by atoms with E-state index in [-0.39, 0.29) is 11.5 Å². The number of carbonyl (C=O) groups is 1. The SMILES string of the molecule is CCCc1onc(C)c1C(=O)NS(=O)(=O)C(C)CC(C)C. The first-order valence-corrected chi connectivity index (χ1v) is 8.74. The van der Waals surface area contributed by atoms with Crippen LogP contribution in [0.25, 0.3) is 0 Å². The maximum Gasteiger partial charge on any atom is 0.270 e. The summed E-state index contributed by atoms with van der Waals surface area (Å²) in [7, 11) is -3.70. The smallest absolute Gasteiger partial charge is 0.270 e. The molecule has 1 aromatic heterocycles. The van der Waals surface area contributed by atoms with Crippen molar-refractivity contribution in [2.24, 2.45) is 5.92 Å². The van der Waals surface area contributed by atoms with E-state index in [1.54, 1.807) is 13.8 Å². The Morgan fingerprint density at radius 3 is 2.48 bits per heavy atom. The maximum atomic E-state index is 12.2. The Balaban J connectivity index is 2.93. The lowest BCUT2D eigenvalue weighted by molar-refractivity contribution is 0.0978. The molecule has 0 radical (unpaired) electrons. The maximum absolute atomic E-state index is 12.2. The number of aromatic nitrogens is 1. The van der Waals surface area contributed by atoms with Gasteiger partial charge in [-0.05, 0) is 32.6 Å². The highest BCUT2D eigenvalue weighted by molar-refractivity contribution is 7.90. The number of nitrogens with one attached hydrogen (secondary N) is 1. The van der Waals surface area contributed by atoms with Gasteiger partial charge in [0.1, 0.15) is 11.3 Å². The van der Waals surface area contributed by atoms with Crippen molar-refractivity contribution in [2.45, 2.75) is 59.1 Å². The molecule has 21 heavy (non-hydrogen) atoms. The van der Waals surface area contributed by atoms with Crippen LogP contribution in [0.2, 0.25) is 0 Å². The van der Waals surface area contributed by atoms with Gasteiger partial charge in [-0.1, -0.05) is 25.9 Å². The monoisotopic (exact) mass is 316 g/mol. The number of sulfonamides is 1. The van der Waals surface area contributed by atoms with Crippen LogP contribution in [0.5, 0.6) is 0 Å². The molecule has 0 fully saturated rings. The van der Waals surface area contributed by atoms with Crippen molar-refractivity contribution in [3.63, 3.8) is 0 Å². The predicted molar refractivity (Wildman–Crippen MR) is 80.5 cm³/mol. The third-order valence-corrected chi connectivity index (χ3v) is 4.93. The molecule has 0 spiro atoms. The van der Waals surface area contributed by atoms with Gasteiger partial charge in [0.25, 0.3) is 5.91 Å². The predicted octanol–water partition coefficient (Wildman–Crippen LogP) is 2.43. The van der Waals surface area contributed by atoms with Gasteiger partial charge in [-0.25, -0.2) is 13.1 Å². The van der Waals surface area contributed by atoms with Crippen molar-refractivity contribution in [3.8, 4) is 0 Å². The molecule has 1 rings (SSSR count). The van der Waals surface area contributed by atoms with Crippen LogP contribution in [-0.4, -0.2) is 24.7 Å². The molecule has 1 N–H and O–H groups in total. The second-order valence-corrected chi connectivity index (χ2v) is 7.83. The third kappa shape index (κ3) is 4.56. The van der Waals surface area contributed by atoms with Gasteiger partial charge in [-0.15, -0.1) is 0 Å². The van der Waals surface area contributed by atoms with Crippen LogP contribution in [-0.2, 0) is 16.4 Å². The zero-order valence-corrected chi connectivity index (χ0v) is 14.1. The van der Waals surface area contributed by atoms with Crippen molar-refractivity contribution < 1.29 is 17.7 Å². The Hall–Kier alpha value is -1.37. The second kappa shape index (κ2) is 7.06. The summed E-state index contributed by atoms with van der Waals surface area (Å²) in [6.07, 6.45) is 1.82. The highest BCUT2D eigenvalue weighted by Gasteiger charge is 2.28. The van der Waals surface area contributed by atoms with E-state index in [9.17, 15) is 13.2 Å². The summed E-state index contributed by atoms with van der Waals surface area (Å²) in [4.78, 5) is 12.2. The van der Waals surface area contributed by atoms with Gasteiger partial charge in [-0.3, -0.25) is 4.79 Å². The standard InChI is InChI=1S/C14H24N2O4S/c1-6-7-12-13(11(5)15-20-12)14(17)16-21(18,19)10(4)8-9(2)3/h9-10H,6-8H2,1-5H3,(H,16,17). The molecule has 0 aromatic carbocycles. The van der Waals surface area contributed by atoms with Crippen molar-refractivity contribution in [1.82, 2.24) is 9.88 Å². The third-order valence-electron chi connectivity index (χ3n) is 3.21. The van der Waals surface area contributed by atoms with E-state index in [0.717, 1.165) is 6.42 Å². The molecule has 1 unspecified atom stereocenters. The van der Waals surface area contributed by atoms with Crippen molar-refractivity contribution in [1.29, 1.82) is 0 Å². The second-order valence-electron chi connectivity index (χ2n) is 5.73. The molecule has 0 bridgehead atoms. The summed E-state index contributed by atoms with van der Waals surface area (Å²) in [5, 5.41) is 3.12. The minimum atomic E-state index is -3.70. The number of hydrogen-bond acceptors (Lipinski definition) is 5. The summed E-state index contributed by atoms with van der Waals surface area (Å²) in [6, 6.07) is 0. The van der Waals surface area contributed by atoms with Gasteiger partial charge in [0.15, 0.2) is 0 Å². The number of aryl methyl sites for hydroxylation is 2. The first kappa shape index (κ1) is 17.7. The molecular weight excluding hydrogens is 292 g/mol. The summed E-state index contributed by atoms with van der Waals surface area (Å²) >= 11 is 0. The number of nitrogens with zero attached hydrogens (tertiary/aromatic N) is 1. The van der Waals surface area contributed by atoms with E-state index in [4.69, 9.17) is 4.52 Å². The number of amides is 1. The summed E-state index contributed by atoms with van der Waals surface area (Å²) in [5.74, 6) is 0.00618. The molecule has 6 nitrogen and oxygen atoms in total. The minimum absolute atomic E-state index is 0.233. The highest BCUT2D eigenvalue weighted by Crippen LogP contribution is 2.17. The average molecular weight is 316 g/mol. The molecule has 7 heteroatoms. The minimum Gasteiger partial charge on any atom is -0.360 e. The van der Waals surface area contributed by atoms with Crippen LogP contribution in [0.15, 0.2) is 4.52 Å². The number of carbonyl (C=O) groups excluding carboxylic acids is 1. The summed E-state index contributed by atoms with van der Waals surface area (Å²) in [6.45, 7) is 9.06. The van der Waals surface area contributed by atoms with Gasteiger partial charge in [-0.2, -0.15) is 0 Å². The van der Waals surface area contributed by atoms with Crippen LogP contribution >= 0.6 is 0 Å². The average Bonchev–Trinajstić information content (AvgIpc) is 2.69. The fraction of sp³-hybridized carbons (Fsp3) is 0.714. The largest absolute Gasteiger partial charge is 0.360 e. The van der Waals surface area contributed by atoms with Crippen LogP contribution in [0.4, 0.5) is 0 Å². The Morgan fingerprint density at radius 2 is 1.95 bits per heavy atom. The van der Waals surface area contributed by atoms with Crippen LogP contribution < -0.4 is 4.72 Å². The van der Waals surface area contributed by atoms with Crippen molar-refractivity contribution in [3.05, 3.63) is 17.0 Å². The Kier molecular flexibility index (Phi) is 5.95. The molecule has 0 aliphatic heterocycles. The molecule has 120 valence electrons. The molecular formula is C14H24N2O4S. The molecule has 0 aliphatic carbocycles. The highest BCUT2D eigenvalue weighted by atomic mass is 32.2. The van der Waals surface area contributed by atoms with Gasteiger partial charge < -0.3 is 4.52 Å². The van der Waals surface area contributed by atoms with E-state index >= 15 is 0 Å². The van der Waals surface area contributed by atoms with E-state index < -0.39 is 21.2 Å². The molecule has 1 amide bonds. The number of rotatable bonds is 7. The zero-order chi connectivity index (χ0) is 16.2. The first-order valence-electron chi connectivity index (χ1n) is 7.20. The number of hydrogen-bond donors (Lipinski definition) is 1. The quantitative estimate of drug-likeness (QED) is 0.834. The Labute approximate surface area is 126 Å². The van der Waals surface area contributed by atoms with E-state index in [1.807, 2.05) is 20.8 Å². The lowest BCUT2D eigenvalue weighted by Gasteiger charge is -2.15. The Bertz CT molecular complexity index is 590. The molecule has 1 aromatic rings. The molecule has 0 saturated carbocycles. The van der Waals surface area contributed by atoms with E-state index in [0.29, 0.717) is 24.3 Å². The zero-order valence-electron chi connectivity index (χ0n) is 13.3. The lowest BCUT2D eigenvalue weighted by atomic mass is 10.1. The lowest BCUT2D eigenvalue weighted by Crippen LogP contribution is -2.38. The fourth-order valence-corrected chi connectivity index (χ4v) is 3.38. The van der Waals surface area contributed by atoms with Crippen molar-refractivity contribution in [2.75, 3.05) is 0 Å². The normalized spacial score (nSPS) is 13.4. The summed E-state index contributed by atoms with van der Waals surface area (Å²) in [5.41, 5.74) is 0.639. The molecule has 0 aliphatic rings. The topological polar surface area (TPSA) is 89.3 Å². The van der Waals surface area contributed by atoms with Gasteiger partial charge in [0.2, 0.25) is 10.0 Å². The Morgan fingerprint density at radius 1 is 1.33 bits per heavy atom. The van der Waals surface area contributed by atoms with Crippen LogP contribution in [0.3, 0.4) is 0 Å². The van der Waals surface area contributed by atoms with Crippen LogP contribution in [0, 0.1) is 12.8 Å². The van der Waals surface area contributed by atoms with Gasteiger partial charge >= 0.3 is 0 Å². The van der Waals surface area contributed by atoms with E-state index in [2.05, 4.69) is 9.88 Å². The van der Waals surface area contributed by atoms with Gasteiger partial charge in [0, 0.05) is 6.42 Å². The molecule has 1 heterocycles. The summed E-state index contributed by atoms with van der Waals surface area (Å²) < 4.78 is 31.6. The molecule has 1 atom stereocenters. The van der Waals surface area contributed by atoms with Crippen molar-refractivity contribution >= 4 is 15.9 Å². The molecule has 0 saturated heterocycles. The van der Waals surface area contributed by atoms with E-state index in [1.165, 1.54) is 0 Å².